The molecule has 4 heterocycles. The zero-order chi connectivity index (χ0) is 25.4. The van der Waals surface area contributed by atoms with E-state index in [0.29, 0.717) is 36.6 Å². The van der Waals surface area contributed by atoms with Crippen LogP contribution in [0.4, 0.5) is 5.69 Å². The molecule has 36 heavy (non-hydrogen) atoms. The minimum atomic E-state index is -0.679. The summed E-state index contributed by atoms with van der Waals surface area (Å²) in [6, 6.07) is 4.77. The van der Waals surface area contributed by atoms with Gasteiger partial charge >= 0.3 is 0 Å². The van der Waals surface area contributed by atoms with Crippen LogP contribution >= 0.6 is 11.6 Å². The number of hydrogen-bond acceptors (Lipinski definition) is 6. The molecule has 2 aliphatic rings. The molecule has 10 nitrogen and oxygen atoms in total. The number of rotatable bonds is 6. The van der Waals surface area contributed by atoms with Gasteiger partial charge in [0.1, 0.15) is 12.2 Å². The highest BCUT2D eigenvalue weighted by molar-refractivity contribution is 6.33. The van der Waals surface area contributed by atoms with Gasteiger partial charge in [-0.3, -0.25) is 24.3 Å². The van der Waals surface area contributed by atoms with Gasteiger partial charge in [0.05, 0.1) is 41.7 Å². The molecule has 11 heteroatoms. The van der Waals surface area contributed by atoms with Gasteiger partial charge in [0.15, 0.2) is 0 Å². The van der Waals surface area contributed by atoms with Crippen molar-refractivity contribution in [2.24, 2.45) is 0 Å². The quantitative estimate of drug-likeness (QED) is 0.436. The van der Waals surface area contributed by atoms with Gasteiger partial charge in [0.25, 0.3) is 0 Å². The zero-order valence-electron chi connectivity index (χ0n) is 20.2. The minimum Gasteiger partial charge on any atom is -0.372 e. The van der Waals surface area contributed by atoms with Crippen LogP contribution in [0.3, 0.4) is 0 Å². The normalized spacial score (nSPS) is 22.1. The molecule has 190 valence electrons. The van der Waals surface area contributed by atoms with Crippen LogP contribution in [-0.2, 0) is 19.1 Å². The molecular formula is C25H29ClN6O4. The maximum Gasteiger partial charge on any atom is 0.244 e. The highest BCUT2D eigenvalue weighted by Crippen LogP contribution is 2.33. The zero-order valence-corrected chi connectivity index (χ0v) is 21.0. The lowest BCUT2D eigenvalue weighted by molar-refractivity contribution is -0.150. The number of anilines is 1. The second-order valence-electron chi connectivity index (χ2n) is 9.93. The van der Waals surface area contributed by atoms with E-state index in [1.54, 1.807) is 23.4 Å². The summed E-state index contributed by atoms with van der Waals surface area (Å²) in [5, 5.41) is 8.04. The first-order valence-electron chi connectivity index (χ1n) is 12.0. The van der Waals surface area contributed by atoms with Crippen LogP contribution in [0.1, 0.15) is 26.7 Å². The van der Waals surface area contributed by atoms with Crippen LogP contribution in [0, 0.1) is 0 Å². The summed E-state index contributed by atoms with van der Waals surface area (Å²) in [6.07, 6.45) is 5.28. The van der Waals surface area contributed by atoms with E-state index in [2.05, 4.69) is 20.6 Å². The molecule has 3 amide bonds. The first kappa shape index (κ1) is 24.5. The maximum atomic E-state index is 13.5. The van der Waals surface area contributed by atoms with Gasteiger partial charge < -0.3 is 25.3 Å². The SMILES string of the molecule is CC1(C)CN(CC(=O)N2CCC[C@@H]2NC=O)[C@H](C(=O)Nc2cc(Cl)cc3c2[nH]c2cnccc23)CO1. The Labute approximate surface area is 213 Å². The van der Waals surface area contributed by atoms with Crippen molar-refractivity contribution in [2.45, 2.75) is 44.5 Å². The third-order valence-corrected chi connectivity index (χ3v) is 7.08. The van der Waals surface area contributed by atoms with Gasteiger partial charge in [-0.05, 0) is 44.9 Å². The second-order valence-corrected chi connectivity index (χ2v) is 10.4. The fraction of sp³-hybridized carbons (Fsp3) is 0.440. The summed E-state index contributed by atoms with van der Waals surface area (Å²) in [5.74, 6) is -0.418. The number of nitrogens with one attached hydrogen (secondary N) is 3. The van der Waals surface area contributed by atoms with Gasteiger partial charge in [-0.15, -0.1) is 0 Å². The van der Waals surface area contributed by atoms with Crippen LogP contribution in [-0.4, -0.2) is 82.0 Å². The molecular weight excluding hydrogens is 484 g/mol. The molecule has 2 aliphatic heterocycles. The van der Waals surface area contributed by atoms with E-state index in [1.165, 1.54) is 0 Å². The number of halogens is 1. The van der Waals surface area contributed by atoms with E-state index < -0.39 is 11.6 Å². The number of aromatic amines is 1. The van der Waals surface area contributed by atoms with Crippen LogP contribution in [0.5, 0.6) is 0 Å². The smallest absolute Gasteiger partial charge is 0.244 e. The average molecular weight is 513 g/mol. The highest BCUT2D eigenvalue weighted by atomic mass is 35.5. The van der Waals surface area contributed by atoms with Crippen LogP contribution in [0.15, 0.2) is 30.6 Å². The minimum absolute atomic E-state index is 0.0466. The van der Waals surface area contributed by atoms with Gasteiger partial charge in [0.2, 0.25) is 18.2 Å². The van der Waals surface area contributed by atoms with Gasteiger partial charge in [-0.1, -0.05) is 11.6 Å². The summed E-state index contributed by atoms with van der Waals surface area (Å²) in [5.41, 5.74) is 1.61. The monoisotopic (exact) mass is 512 g/mol. The summed E-state index contributed by atoms with van der Waals surface area (Å²) < 4.78 is 5.96. The Balaban J connectivity index is 1.39. The summed E-state index contributed by atoms with van der Waals surface area (Å²) in [6.45, 7) is 5.03. The topological polar surface area (TPSA) is 120 Å². The van der Waals surface area contributed by atoms with E-state index in [9.17, 15) is 14.4 Å². The lowest BCUT2D eigenvalue weighted by Gasteiger charge is -2.43. The third-order valence-electron chi connectivity index (χ3n) is 6.86. The molecule has 1 aromatic carbocycles. The van der Waals surface area contributed by atoms with E-state index >= 15 is 0 Å². The van der Waals surface area contributed by atoms with Crippen molar-refractivity contribution in [3.63, 3.8) is 0 Å². The number of morpholine rings is 1. The van der Waals surface area contributed by atoms with Crippen molar-refractivity contribution < 1.29 is 19.1 Å². The number of nitrogens with zero attached hydrogens (tertiary/aromatic N) is 3. The lowest BCUT2D eigenvalue weighted by Crippen LogP contribution is -2.60. The number of ether oxygens (including phenoxy) is 1. The van der Waals surface area contributed by atoms with E-state index in [0.717, 1.165) is 28.2 Å². The van der Waals surface area contributed by atoms with E-state index in [4.69, 9.17) is 16.3 Å². The number of aromatic nitrogens is 2. The number of carbonyl (C=O) groups is 3. The number of pyridine rings is 1. The van der Waals surface area contributed by atoms with Gasteiger partial charge in [-0.25, -0.2) is 0 Å². The first-order chi connectivity index (χ1) is 17.3. The molecule has 0 aliphatic carbocycles. The molecule has 3 N–H and O–H groups in total. The van der Waals surface area contributed by atoms with Crippen molar-refractivity contribution in [1.29, 1.82) is 0 Å². The molecule has 2 atom stereocenters. The largest absolute Gasteiger partial charge is 0.372 e. The number of likely N-dealkylation sites (tertiary alicyclic amines) is 1. The average Bonchev–Trinajstić information content (AvgIpc) is 3.44. The number of amides is 3. The number of fused-ring (bicyclic) bond motifs is 3. The molecule has 2 aromatic heterocycles. The molecule has 3 aromatic rings. The van der Waals surface area contributed by atoms with Crippen molar-refractivity contribution in [3.05, 3.63) is 35.6 Å². The van der Waals surface area contributed by atoms with Crippen LogP contribution in [0.2, 0.25) is 5.02 Å². The summed E-state index contributed by atoms with van der Waals surface area (Å²) >= 11 is 6.40. The fourth-order valence-corrected chi connectivity index (χ4v) is 5.39. The van der Waals surface area contributed by atoms with Gasteiger partial charge in [-0.2, -0.15) is 0 Å². The molecule has 0 radical (unpaired) electrons. The van der Waals surface area contributed by atoms with Gasteiger partial charge in [0, 0.05) is 35.1 Å². The number of carbonyl (C=O) groups excluding carboxylic acids is 3. The Hall–Kier alpha value is -3.21. The van der Waals surface area contributed by atoms with Crippen molar-refractivity contribution >= 4 is 57.3 Å². The summed E-state index contributed by atoms with van der Waals surface area (Å²) in [7, 11) is 0. The third kappa shape index (κ3) is 4.76. The maximum absolute atomic E-state index is 13.5. The Morgan fingerprint density at radius 1 is 1.33 bits per heavy atom. The van der Waals surface area contributed by atoms with Crippen LogP contribution < -0.4 is 10.6 Å². The Kier molecular flexibility index (Phi) is 6.59. The van der Waals surface area contributed by atoms with E-state index in [-0.39, 0.29) is 31.1 Å². The lowest BCUT2D eigenvalue weighted by atomic mass is 10.0. The number of hydrogen-bond donors (Lipinski definition) is 3. The van der Waals surface area contributed by atoms with Crippen molar-refractivity contribution in [3.8, 4) is 0 Å². The molecule has 2 saturated heterocycles. The second kappa shape index (κ2) is 9.68. The number of H-pyrrole nitrogens is 1. The highest BCUT2D eigenvalue weighted by Gasteiger charge is 2.40. The predicted octanol–water partition coefficient (Wildman–Crippen LogP) is 2.48. The van der Waals surface area contributed by atoms with Crippen LogP contribution in [0.25, 0.3) is 21.8 Å². The Morgan fingerprint density at radius 2 is 2.17 bits per heavy atom. The molecule has 2 fully saturated rings. The van der Waals surface area contributed by atoms with E-state index in [1.807, 2.05) is 30.9 Å². The fourth-order valence-electron chi connectivity index (χ4n) is 5.18. The molecule has 0 spiro atoms. The van der Waals surface area contributed by atoms with Crippen molar-refractivity contribution in [1.82, 2.24) is 25.1 Å². The molecule has 0 unspecified atom stereocenters. The molecule has 5 rings (SSSR count). The number of benzene rings is 1. The first-order valence-corrected chi connectivity index (χ1v) is 12.4. The Bertz CT molecular complexity index is 1320. The molecule has 0 bridgehead atoms. The molecule has 0 saturated carbocycles. The Morgan fingerprint density at radius 3 is 2.97 bits per heavy atom. The standard InChI is InChI=1S/C25H29ClN6O4/c1-25(2)13-31(11-22(34)32-7-3-4-21(32)28-14-33)20(12-36-25)24(35)30-18-9-15(26)8-17-16-5-6-27-10-19(16)29-23(17)18/h5-6,8-10,14,20-21,29H,3-4,7,11-13H2,1-2H3,(H,28,33)(H,30,35)/t20-,21+/m0/s1. The predicted molar refractivity (Wildman–Crippen MR) is 137 cm³/mol. The van der Waals surface area contributed by atoms with Crippen molar-refractivity contribution in [2.75, 3.05) is 31.6 Å². The summed E-state index contributed by atoms with van der Waals surface area (Å²) in [4.78, 5) is 48.7.